The van der Waals surface area contributed by atoms with E-state index in [-0.39, 0.29) is 5.92 Å². The third kappa shape index (κ3) is 4.35. The highest BCUT2D eigenvalue weighted by Crippen LogP contribution is 2.06. The van der Waals surface area contributed by atoms with E-state index >= 15 is 0 Å². The molecule has 0 aromatic heterocycles. The molecule has 1 unspecified atom stereocenters. The minimum absolute atomic E-state index is 0.380. The van der Waals surface area contributed by atoms with Crippen molar-refractivity contribution in [2.75, 3.05) is 0 Å². The molecule has 0 heterocycles. The van der Waals surface area contributed by atoms with Gasteiger partial charge in [-0.2, -0.15) is 8.42 Å². The van der Waals surface area contributed by atoms with Crippen molar-refractivity contribution in [3.63, 3.8) is 0 Å². The summed E-state index contributed by atoms with van der Waals surface area (Å²) in [5, 5.41) is -1.23. The quantitative estimate of drug-likeness (QED) is 0.336. The van der Waals surface area contributed by atoms with Crippen LogP contribution in [0.1, 0.15) is 13.8 Å². The summed E-state index contributed by atoms with van der Waals surface area (Å²) >= 11 is 0. The summed E-state index contributed by atoms with van der Waals surface area (Å²) in [5.74, 6) is -0.950. The van der Waals surface area contributed by atoms with E-state index in [1.165, 1.54) is 0 Å². The van der Waals surface area contributed by atoms with Crippen molar-refractivity contribution in [2.24, 2.45) is 5.92 Å². The monoisotopic (exact) mass is 222 g/mol. The first-order valence-electron chi connectivity index (χ1n) is 3.93. The number of hydrogen-bond acceptors (Lipinski definition) is 4. The zero-order valence-electron chi connectivity index (χ0n) is 8.02. The van der Waals surface area contributed by atoms with Crippen molar-refractivity contribution >= 4 is 16.0 Å². The van der Waals surface area contributed by atoms with Gasteiger partial charge in [-0.1, -0.05) is 20.4 Å². The summed E-state index contributed by atoms with van der Waals surface area (Å²) in [6.45, 7) is 6.36. The Morgan fingerprint density at radius 2 is 2.00 bits per heavy atom. The van der Waals surface area contributed by atoms with E-state index < -0.39 is 21.4 Å². The molecule has 0 saturated heterocycles. The Balaban J connectivity index is 4.42. The average molecular weight is 222 g/mol. The van der Waals surface area contributed by atoms with Crippen LogP contribution in [-0.4, -0.2) is 24.3 Å². The molecule has 0 aliphatic heterocycles. The van der Waals surface area contributed by atoms with Crippen LogP contribution in [0, 0.1) is 5.92 Å². The van der Waals surface area contributed by atoms with Gasteiger partial charge in [-0.3, -0.25) is 14.8 Å². The first-order valence-corrected chi connectivity index (χ1v) is 5.43. The summed E-state index contributed by atoms with van der Waals surface area (Å²) in [7, 11) is -4.23. The molecule has 0 fully saturated rings. The van der Waals surface area contributed by atoms with Crippen LogP contribution in [0.2, 0.25) is 0 Å². The van der Waals surface area contributed by atoms with Gasteiger partial charge in [0.1, 0.15) is 0 Å². The number of rotatable bonds is 5. The van der Waals surface area contributed by atoms with Crippen molar-refractivity contribution in [1.29, 1.82) is 0 Å². The summed E-state index contributed by atoms with van der Waals surface area (Å²) in [6.07, 6.45) is 0.981. The van der Waals surface area contributed by atoms with Crippen LogP contribution in [0.5, 0.6) is 0 Å². The van der Waals surface area contributed by atoms with E-state index in [0.717, 1.165) is 6.08 Å². The lowest BCUT2D eigenvalue weighted by Gasteiger charge is -2.18. The van der Waals surface area contributed by atoms with Gasteiger partial charge in [-0.25, -0.2) is 5.43 Å². The second-order valence-corrected chi connectivity index (χ2v) is 4.56. The fraction of sp³-hybridized carbons (Fsp3) is 0.571. The number of hydrazine groups is 1. The van der Waals surface area contributed by atoms with E-state index in [1.807, 2.05) is 0 Å². The molecule has 0 saturated carbocycles. The van der Waals surface area contributed by atoms with Gasteiger partial charge in [-0.05, 0) is 12.0 Å². The van der Waals surface area contributed by atoms with Gasteiger partial charge in [0.25, 0.3) is 16.0 Å². The fourth-order valence-electron chi connectivity index (χ4n) is 0.778. The molecule has 0 rings (SSSR count). The highest BCUT2D eigenvalue weighted by atomic mass is 32.2. The minimum atomic E-state index is -4.23. The topological polar surface area (TPSA) is 95.5 Å². The standard InChI is InChI=1S/C7H14N2O4S/c1-4-6(10)8-9-7(5(2)3)14(11,12)13/h4-5,7,9H,1H2,2-3H3,(H,8,10)(H,11,12,13). The van der Waals surface area contributed by atoms with Gasteiger partial charge in [0.15, 0.2) is 5.37 Å². The lowest BCUT2D eigenvalue weighted by atomic mass is 10.2. The van der Waals surface area contributed by atoms with Crippen molar-refractivity contribution in [3.05, 3.63) is 12.7 Å². The third-order valence-corrected chi connectivity index (χ3v) is 2.75. The minimum Gasteiger partial charge on any atom is -0.287 e. The Hall–Kier alpha value is -0.920. The molecule has 82 valence electrons. The molecule has 0 spiro atoms. The number of amides is 1. The zero-order valence-corrected chi connectivity index (χ0v) is 8.84. The third-order valence-electron chi connectivity index (χ3n) is 1.45. The lowest BCUT2D eigenvalue weighted by Crippen LogP contribution is -2.49. The Morgan fingerprint density at radius 1 is 1.50 bits per heavy atom. The highest BCUT2D eigenvalue weighted by Gasteiger charge is 2.26. The van der Waals surface area contributed by atoms with E-state index in [9.17, 15) is 13.2 Å². The molecule has 1 atom stereocenters. The first-order chi connectivity index (χ1) is 6.29. The van der Waals surface area contributed by atoms with Gasteiger partial charge in [0, 0.05) is 0 Å². The van der Waals surface area contributed by atoms with Crippen LogP contribution in [-0.2, 0) is 14.9 Å². The van der Waals surface area contributed by atoms with Crippen LogP contribution < -0.4 is 10.9 Å². The van der Waals surface area contributed by atoms with Crippen LogP contribution in [0.4, 0.5) is 0 Å². The van der Waals surface area contributed by atoms with Crippen molar-refractivity contribution < 1.29 is 17.8 Å². The van der Waals surface area contributed by atoms with Crippen molar-refractivity contribution in [2.45, 2.75) is 19.2 Å². The zero-order chi connectivity index (χ0) is 11.4. The van der Waals surface area contributed by atoms with Gasteiger partial charge in [0.2, 0.25) is 0 Å². The average Bonchev–Trinajstić information content (AvgIpc) is 2.01. The highest BCUT2D eigenvalue weighted by molar-refractivity contribution is 7.86. The van der Waals surface area contributed by atoms with Gasteiger partial charge < -0.3 is 0 Å². The molecule has 7 heteroatoms. The first kappa shape index (κ1) is 13.1. The van der Waals surface area contributed by atoms with Crippen LogP contribution >= 0.6 is 0 Å². The predicted octanol–water partition coefficient (Wildman–Crippen LogP) is -0.337. The largest absolute Gasteiger partial charge is 0.287 e. The SMILES string of the molecule is C=CC(=O)NNC(C(C)C)S(=O)(=O)O. The van der Waals surface area contributed by atoms with Gasteiger partial charge in [0.05, 0.1) is 0 Å². The fourth-order valence-corrected chi connectivity index (χ4v) is 1.67. The van der Waals surface area contributed by atoms with Gasteiger partial charge in [-0.15, -0.1) is 0 Å². The Labute approximate surface area is 83.1 Å². The molecule has 6 nitrogen and oxygen atoms in total. The van der Waals surface area contributed by atoms with Crippen molar-refractivity contribution in [1.82, 2.24) is 10.9 Å². The van der Waals surface area contributed by atoms with Gasteiger partial charge >= 0.3 is 0 Å². The summed E-state index contributed by atoms with van der Waals surface area (Å²) in [5.41, 5.74) is 4.28. The molecule has 3 N–H and O–H groups in total. The molecule has 0 aromatic carbocycles. The smallest absolute Gasteiger partial charge is 0.282 e. The van der Waals surface area contributed by atoms with Crippen LogP contribution in [0.15, 0.2) is 12.7 Å². The summed E-state index contributed by atoms with van der Waals surface area (Å²) in [4.78, 5) is 10.7. The Kier molecular flexibility index (Phi) is 4.75. The molecular weight excluding hydrogens is 208 g/mol. The second-order valence-electron chi connectivity index (χ2n) is 3.02. The summed E-state index contributed by atoms with van der Waals surface area (Å²) < 4.78 is 30.3. The number of nitrogens with one attached hydrogen (secondary N) is 2. The molecule has 0 aliphatic rings. The Bertz CT molecular complexity index is 310. The molecule has 0 radical (unpaired) electrons. The second kappa shape index (κ2) is 5.08. The van der Waals surface area contributed by atoms with E-state index in [1.54, 1.807) is 13.8 Å². The van der Waals surface area contributed by atoms with Crippen molar-refractivity contribution in [3.8, 4) is 0 Å². The predicted molar refractivity (Wildman–Crippen MR) is 51.7 cm³/mol. The molecule has 0 aromatic rings. The van der Waals surface area contributed by atoms with E-state index in [2.05, 4.69) is 17.4 Å². The lowest BCUT2D eigenvalue weighted by molar-refractivity contribution is -0.117. The molecule has 0 aliphatic carbocycles. The van der Waals surface area contributed by atoms with Crippen LogP contribution in [0.25, 0.3) is 0 Å². The molecular formula is C7H14N2O4S. The molecule has 1 amide bonds. The maximum atomic E-state index is 10.8. The molecule has 14 heavy (non-hydrogen) atoms. The van der Waals surface area contributed by atoms with Crippen LogP contribution in [0.3, 0.4) is 0 Å². The maximum absolute atomic E-state index is 10.8. The summed E-state index contributed by atoms with van der Waals surface area (Å²) in [6, 6.07) is 0. The number of carbonyl (C=O) groups excluding carboxylic acids is 1. The Morgan fingerprint density at radius 3 is 2.29 bits per heavy atom. The molecule has 0 bridgehead atoms. The van der Waals surface area contributed by atoms with E-state index in [0.29, 0.717) is 0 Å². The number of hydrogen-bond donors (Lipinski definition) is 3. The maximum Gasteiger partial charge on any atom is 0.282 e. The van der Waals surface area contributed by atoms with E-state index in [4.69, 9.17) is 4.55 Å². The number of carbonyl (C=O) groups is 1. The normalized spacial score (nSPS) is 13.7.